The number of hydrogen-bond acceptors (Lipinski definition) is 1. The first-order valence-corrected chi connectivity index (χ1v) is 9.16. The van der Waals surface area contributed by atoms with Gasteiger partial charge in [0.2, 0.25) is 0 Å². The Morgan fingerprint density at radius 1 is 1.05 bits per heavy atom. The lowest BCUT2D eigenvalue weighted by Gasteiger charge is -2.20. The monoisotopic (exact) mass is 357 g/mol. The van der Waals surface area contributed by atoms with E-state index < -0.39 is 0 Å². The van der Waals surface area contributed by atoms with Gasteiger partial charge in [0.25, 0.3) is 0 Å². The quantitative estimate of drug-likeness (QED) is 0.453. The summed E-state index contributed by atoms with van der Waals surface area (Å²) in [6, 6.07) is 5.23. The minimum atomic E-state index is -0.153. The molecule has 1 aromatic carbocycles. The van der Waals surface area contributed by atoms with Crippen molar-refractivity contribution in [1.82, 2.24) is 5.32 Å². The minimum Gasteiger partial charge on any atom is -0.310 e. The van der Waals surface area contributed by atoms with Crippen molar-refractivity contribution in [2.75, 3.05) is 6.54 Å². The highest BCUT2D eigenvalue weighted by molar-refractivity contribution is 9.10. The average molecular weight is 358 g/mol. The van der Waals surface area contributed by atoms with E-state index in [9.17, 15) is 4.39 Å². The van der Waals surface area contributed by atoms with Crippen LogP contribution in [-0.4, -0.2) is 6.54 Å². The number of rotatable bonds is 11. The second-order valence-corrected chi connectivity index (χ2v) is 6.58. The molecule has 1 nitrogen and oxygen atoms in total. The van der Waals surface area contributed by atoms with Gasteiger partial charge >= 0.3 is 0 Å². The first-order chi connectivity index (χ1) is 10.2. The van der Waals surface area contributed by atoms with Crippen LogP contribution in [0.1, 0.15) is 76.8 Å². The highest BCUT2D eigenvalue weighted by atomic mass is 79.9. The van der Waals surface area contributed by atoms with E-state index in [2.05, 4.69) is 35.1 Å². The molecule has 1 unspecified atom stereocenters. The molecule has 1 rings (SSSR count). The molecular formula is C18H29BrFN. The van der Waals surface area contributed by atoms with E-state index in [-0.39, 0.29) is 11.9 Å². The van der Waals surface area contributed by atoms with Gasteiger partial charge in [0, 0.05) is 10.5 Å². The molecule has 3 heteroatoms. The summed E-state index contributed by atoms with van der Waals surface area (Å²) in [6.07, 6.45) is 9.94. The summed E-state index contributed by atoms with van der Waals surface area (Å²) < 4.78 is 14.5. The van der Waals surface area contributed by atoms with Crippen molar-refractivity contribution >= 4 is 15.9 Å². The number of benzene rings is 1. The summed E-state index contributed by atoms with van der Waals surface area (Å²) in [6.45, 7) is 5.38. The van der Waals surface area contributed by atoms with E-state index in [0.717, 1.165) is 29.4 Å². The number of nitrogens with one attached hydrogen (secondary N) is 1. The highest BCUT2D eigenvalue weighted by Gasteiger charge is 2.14. The molecule has 0 aromatic heterocycles. The predicted octanol–water partition coefficient (Wildman–Crippen LogP) is 6.38. The number of unbranched alkanes of at least 4 members (excludes halogenated alkanes) is 5. The third kappa shape index (κ3) is 7.42. The van der Waals surface area contributed by atoms with Crippen LogP contribution in [0.3, 0.4) is 0 Å². The van der Waals surface area contributed by atoms with Crippen LogP contribution >= 0.6 is 15.9 Å². The Bertz CT molecular complexity index is 395. The predicted molar refractivity (Wildman–Crippen MR) is 93.1 cm³/mol. The summed E-state index contributed by atoms with van der Waals surface area (Å²) in [7, 11) is 0. The van der Waals surface area contributed by atoms with E-state index in [1.165, 1.54) is 44.6 Å². The fourth-order valence-electron chi connectivity index (χ4n) is 2.60. The summed E-state index contributed by atoms with van der Waals surface area (Å²) >= 11 is 3.56. The van der Waals surface area contributed by atoms with Gasteiger partial charge in [-0.05, 0) is 43.1 Å². The zero-order chi connectivity index (χ0) is 15.5. The zero-order valence-corrected chi connectivity index (χ0v) is 15.0. The molecule has 0 saturated heterocycles. The second-order valence-electron chi connectivity index (χ2n) is 5.73. The molecular weight excluding hydrogens is 329 g/mol. The molecule has 1 atom stereocenters. The SMILES string of the molecule is CCCCCCCCC(NCCC)c1cc(F)ccc1Br. The zero-order valence-electron chi connectivity index (χ0n) is 13.4. The molecule has 1 N–H and O–H groups in total. The van der Waals surface area contributed by atoms with Gasteiger partial charge in [0.1, 0.15) is 5.82 Å². The number of halogens is 2. The van der Waals surface area contributed by atoms with Crippen LogP contribution in [0.25, 0.3) is 0 Å². The maximum atomic E-state index is 13.5. The van der Waals surface area contributed by atoms with Crippen molar-refractivity contribution in [2.45, 2.75) is 71.3 Å². The van der Waals surface area contributed by atoms with Gasteiger partial charge in [-0.3, -0.25) is 0 Å². The van der Waals surface area contributed by atoms with Crippen molar-refractivity contribution in [3.8, 4) is 0 Å². The van der Waals surface area contributed by atoms with Gasteiger partial charge in [-0.15, -0.1) is 0 Å². The topological polar surface area (TPSA) is 12.0 Å². The molecule has 0 aliphatic carbocycles. The van der Waals surface area contributed by atoms with Crippen molar-refractivity contribution in [3.63, 3.8) is 0 Å². The molecule has 21 heavy (non-hydrogen) atoms. The van der Waals surface area contributed by atoms with Gasteiger partial charge in [0.15, 0.2) is 0 Å². The maximum absolute atomic E-state index is 13.5. The Kier molecular flexibility index (Phi) is 9.94. The van der Waals surface area contributed by atoms with Crippen LogP contribution in [0, 0.1) is 5.82 Å². The van der Waals surface area contributed by atoms with Crippen LogP contribution in [0.2, 0.25) is 0 Å². The summed E-state index contributed by atoms with van der Waals surface area (Å²) in [4.78, 5) is 0. The van der Waals surface area contributed by atoms with Crippen molar-refractivity contribution in [3.05, 3.63) is 34.1 Å². The average Bonchev–Trinajstić information content (AvgIpc) is 2.48. The Morgan fingerprint density at radius 2 is 1.76 bits per heavy atom. The van der Waals surface area contributed by atoms with E-state index in [1.54, 1.807) is 6.07 Å². The molecule has 0 aliphatic heterocycles. The van der Waals surface area contributed by atoms with Gasteiger partial charge in [-0.2, -0.15) is 0 Å². The van der Waals surface area contributed by atoms with Crippen LogP contribution in [0.4, 0.5) is 4.39 Å². The van der Waals surface area contributed by atoms with Crippen molar-refractivity contribution in [2.24, 2.45) is 0 Å². The first-order valence-electron chi connectivity index (χ1n) is 8.37. The maximum Gasteiger partial charge on any atom is 0.123 e. The molecule has 1 aromatic rings. The Balaban J connectivity index is 2.52. The summed E-state index contributed by atoms with van der Waals surface area (Å²) in [5, 5.41) is 3.56. The van der Waals surface area contributed by atoms with Crippen molar-refractivity contribution < 1.29 is 4.39 Å². The van der Waals surface area contributed by atoms with Crippen molar-refractivity contribution in [1.29, 1.82) is 0 Å². The highest BCUT2D eigenvalue weighted by Crippen LogP contribution is 2.28. The fourth-order valence-corrected chi connectivity index (χ4v) is 3.12. The molecule has 0 heterocycles. The summed E-state index contributed by atoms with van der Waals surface area (Å²) in [5.41, 5.74) is 1.05. The molecule has 0 fully saturated rings. The van der Waals surface area contributed by atoms with E-state index in [0.29, 0.717) is 0 Å². The van der Waals surface area contributed by atoms with Crippen LogP contribution in [0.15, 0.2) is 22.7 Å². The molecule has 0 saturated carbocycles. The van der Waals surface area contributed by atoms with Gasteiger partial charge in [0.05, 0.1) is 0 Å². The Morgan fingerprint density at radius 3 is 2.48 bits per heavy atom. The Labute approximate surface area is 137 Å². The third-order valence-electron chi connectivity index (χ3n) is 3.82. The smallest absolute Gasteiger partial charge is 0.123 e. The molecule has 0 aliphatic rings. The standard InChI is InChI=1S/C18H29BrFN/c1-3-5-6-7-8-9-10-18(21-13-4-2)16-14-15(20)11-12-17(16)19/h11-12,14,18,21H,3-10,13H2,1-2H3. The fraction of sp³-hybridized carbons (Fsp3) is 0.667. The molecule has 0 amide bonds. The normalized spacial score (nSPS) is 12.6. The van der Waals surface area contributed by atoms with Gasteiger partial charge < -0.3 is 5.32 Å². The minimum absolute atomic E-state index is 0.153. The molecule has 0 spiro atoms. The van der Waals surface area contributed by atoms with E-state index >= 15 is 0 Å². The van der Waals surface area contributed by atoms with Crippen LogP contribution in [-0.2, 0) is 0 Å². The van der Waals surface area contributed by atoms with Gasteiger partial charge in [-0.1, -0.05) is 68.3 Å². The first kappa shape index (κ1) is 18.6. The lowest BCUT2D eigenvalue weighted by atomic mass is 9.99. The summed E-state index contributed by atoms with van der Waals surface area (Å²) in [5.74, 6) is -0.153. The molecule has 0 radical (unpaired) electrons. The lowest BCUT2D eigenvalue weighted by molar-refractivity contribution is 0.463. The van der Waals surface area contributed by atoms with Crippen LogP contribution in [0.5, 0.6) is 0 Å². The van der Waals surface area contributed by atoms with Crippen LogP contribution < -0.4 is 5.32 Å². The molecule has 120 valence electrons. The Hall–Kier alpha value is -0.410. The lowest BCUT2D eigenvalue weighted by Crippen LogP contribution is -2.22. The largest absolute Gasteiger partial charge is 0.310 e. The molecule has 0 bridgehead atoms. The van der Waals surface area contributed by atoms with E-state index in [1.807, 2.05) is 6.07 Å². The van der Waals surface area contributed by atoms with E-state index in [4.69, 9.17) is 0 Å². The third-order valence-corrected chi connectivity index (χ3v) is 4.54. The number of hydrogen-bond donors (Lipinski definition) is 1. The van der Waals surface area contributed by atoms with Gasteiger partial charge in [-0.25, -0.2) is 4.39 Å². The second kappa shape index (κ2) is 11.2.